The molecule has 3 rings (SSSR count). The first-order valence-electron chi connectivity index (χ1n) is 6.14. The lowest BCUT2D eigenvalue weighted by atomic mass is 10.1. The van der Waals surface area contributed by atoms with Crippen molar-refractivity contribution in [2.45, 2.75) is 0 Å². The molecule has 1 amide bonds. The summed E-state index contributed by atoms with van der Waals surface area (Å²) in [4.78, 5) is 16.4. The van der Waals surface area contributed by atoms with Crippen molar-refractivity contribution >= 4 is 38.3 Å². The number of fused-ring (bicyclic) bond motifs is 1. The Kier molecular flexibility index (Phi) is 3.48. The van der Waals surface area contributed by atoms with E-state index in [1.54, 1.807) is 24.5 Å². The SMILES string of the molecule is O=C(Nc1cccc2ccncc12)c1cccc(Br)c1. The van der Waals surface area contributed by atoms with Crippen LogP contribution < -0.4 is 5.32 Å². The maximum absolute atomic E-state index is 12.3. The Balaban J connectivity index is 1.95. The summed E-state index contributed by atoms with van der Waals surface area (Å²) in [6.07, 6.45) is 3.49. The van der Waals surface area contributed by atoms with Crippen LogP contribution in [0.4, 0.5) is 5.69 Å². The van der Waals surface area contributed by atoms with Crippen LogP contribution in [-0.4, -0.2) is 10.9 Å². The van der Waals surface area contributed by atoms with E-state index in [1.165, 1.54) is 0 Å². The predicted molar refractivity (Wildman–Crippen MR) is 83.8 cm³/mol. The summed E-state index contributed by atoms with van der Waals surface area (Å²) in [5.74, 6) is -0.136. The van der Waals surface area contributed by atoms with Gasteiger partial charge in [0.2, 0.25) is 0 Å². The molecule has 0 saturated carbocycles. The van der Waals surface area contributed by atoms with Crippen LogP contribution in [0.25, 0.3) is 10.8 Å². The van der Waals surface area contributed by atoms with E-state index in [9.17, 15) is 4.79 Å². The fourth-order valence-electron chi connectivity index (χ4n) is 2.05. The molecule has 1 N–H and O–H groups in total. The number of benzene rings is 2. The van der Waals surface area contributed by atoms with Crippen molar-refractivity contribution in [3.63, 3.8) is 0 Å². The number of amides is 1. The van der Waals surface area contributed by atoms with Gasteiger partial charge in [-0.15, -0.1) is 0 Å². The minimum absolute atomic E-state index is 0.136. The van der Waals surface area contributed by atoms with Crippen molar-refractivity contribution in [2.24, 2.45) is 0 Å². The highest BCUT2D eigenvalue weighted by molar-refractivity contribution is 9.10. The molecule has 98 valence electrons. The van der Waals surface area contributed by atoms with E-state index in [1.807, 2.05) is 36.4 Å². The van der Waals surface area contributed by atoms with Crippen molar-refractivity contribution in [1.29, 1.82) is 0 Å². The number of hydrogen-bond acceptors (Lipinski definition) is 2. The normalized spacial score (nSPS) is 10.4. The van der Waals surface area contributed by atoms with Crippen LogP contribution in [0, 0.1) is 0 Å². The Morgan fingerprint density at radius 2 is 1.95 bits per heavy atom. The van der Waals surface area contributed by atoms with E-state index in [0.717, 1.165) is 20.9 Å². The van der Waals surface area contributed by atoms with E-state index < -0.39 is 0 Å². The van der Waals surface area contributed by atoms with Gasteiger partial charge >= 0.3 is 0 Å². The topological polar surface area (TPSA) is 42.0 Å². The van der Waals surface area contributed by atoms with Gasteiger partial charge in [-0.25, -0.2) is 0 Å². The molecule has 0 aliphatic heterocycles. The highest BCUT2D eigenvalue weighted by atomic mass is 79.9. The molecule has 0 saturated heterocycles. The van der Waals surface area contributed by atoms with E-state index >= 15 is 0 Å². The van der Waals surface area contributed by atoms with Gasteiger partial charge < -0.3 is 5.32 Å². The second kappa shape index (κ2) is 5.43. The fraction of sp³-hybridized carbons (Fsp3) is 0. The number of rotatable bonds is 2. The number of hydrogen-bond donors (Lipinski definition) is 1. The molecule has 0 fully saturated rings. The second-order valence-electron chi connectivity index (χ2n) is 4.37. The first-order chi connectivity index (χ1) is 9.74. The zero-order valence-corrected chi connectivity index (χ0v) is 12.1. The first-order valence-corrected chi connectivity index (χ1v) is 6.93. The number of anilines is 1. The molecule has 0 spiro atoms. The molecule has 0 aliphatic carbocycles. The maximum atomic E-state index is 12.3. The van der Waals surface area contributed by atoms with Crippen LogP contribution in [0.5, 0.6) is 0 Å². The average molecular weight is 327 g/mol. The van der Waals surface area contributed by atoms with E-state index in [4.69, 9.17) is 0 Å². The summed E-state index contributed by atoms with van der Waals surface area (Å²) in [7, 11) is 0. The Morgan fingerprint density at radius 1 is 1.10 bits per heavy atom. The van der Waals surface area contributed by atoms with Gasteiger partial charge in [-0.05, 0) is 35.7 Å². The monoisotopic (exact) mass is 326 g/mol. The molecule has 1 heterocycles. The number of pyridine rings is 1. The Labute approximate surface area is 124 Å². The number of nitrogens with zero attached hydrogens (tertiary/aromatic N) is 1. The molecule has 0 aliphatic rings. The molecule has 4 heteroatoms. The van der Waals surface area contributed by atoms with Crippen LogP contribution in [0.1, 0.15) is 10.4 Å². The number of halogens is 1. The van der Waals surface area contributed by atoms with Gasteiger partial charge in [0.05, 0.1) is 5.69 Å². The van der Waals surface area contributed by atoms with E-state index in [2.05, 4.69) is 26.2 Å². The molecule has 0 bridgehead atoms. The first kappa shape index (κ1) is 12.8. The molecular formula is C16H11BrN2O. The molecule has 0 atom stereocenters. The predicted octanol–water partition coefficient (Wildman–Crippen LogP) is 4.25. The van der Waals surface area contributed by atoms with Gasteiger partial charge in [0.1, 0.15) is 0 Å². The van der Waals surface area contributed by atoms with Crippen molar-refractivity contribution in [2.75, 3.05) is 5.32 Å². The highest BCUT2D eigenvalue weighted by Crippen LogP contribution is 2.23. The number of carbonyl (C=O) groups excluding carboxylic acids is 1. The van der Waals surface area contributed by atoms with Crippen LogP contribution in [0.3, 0.4) is 0 Å². The van der Waals surface area contributed by atoms with Gasteiger partial charge in [0.15, 0.2) is 0 Å². The van der Waals surface area contributed by atoms with Crippen LogP contribution >= 0.6 is 15.9 Å². The zero-order chi connectivity index (χ0) is 13.9. The lowest BCUT2D eigenvalue weighted by Gasteiger charge is -2.08. The smallest absolute Gasteiger partial charge is 0.255 e. The maximum Gasteiger partial charge on any atom is 0.255 e. The molecule has 3 nitrogen and oxygen atoms in total. The number of carbonyl (C=O) groups is 1. The lowest BCUT2D eigenvalue weighted by molar-refractivity contribution is 0.102. The van der Waals surface area contributed by atoms with E-state index in [0.29, 0.717) is 5.56 Å². The summed E-state index contributed by atoms with van der Waals surface area (Å²) in [6.45, 7) is 0. The van der Waals surface area contributed by atoms with Gasteiger partial charge in [0.25, 0.3) is 5.91 Å². The molecule has 0 unspecified atom stereocenters. The van der Waals surface area contributed by atoms with Crippen LogP contribution in [0.2, 0.25) is 0 Å². The highest BCUT2D eigenvalue weighted by Gasteiger charge is 2.08. The van der Waals surface area contributed by atoms with Crippen LogP contribution in [0.15, 0.2) is 65.4 Å². The third kappa shape index (κ3) is 2.56. The molecule has 1 aromatic heterocycles. The molecule has 2 aromatic carbocycles. The Morgan fingerprint density at radius 3 is 2.80 bits per heavy atom. The number of nitrogens with one attached hydrogen (secondary N) is 1. The minimum Gasteiger partial charge on any atom is -0.321 e. The van der Waals surface area contributed by atoms with Gasteiger partial charge in [-0.1, -0.05) is 34.1 Å². The van der Waals surface area contributed by atoms with Gasteiger partial charge in [-0.3, -0.25) is 9.78 Å². The quantitative estimate of drug-likeness (QED) is 0.764. The zero-order valence-electron chi connectivity index (χ0n) is 10.5. The second-order valence-corrected chi connectivity index (χ2v) is 5.28. The Bertz CT molecular complexity index is 781. The summed E-state index contributed by atoms with van der Waals surface area (Å²) < 4.78 is 0.879. The summed E-state index contributed by atoms with van der Waals surface area (Å²) in [5, 5.41) is 4.91. The summed E-state index contributed by atoms with van der Waals surface area (Å²) in [5.41, 5.74) is 1.38. The van der Waals surface area contributed by atoms with Gasteiger partial charge in [0, 0.05) is 27.8 Å². The van der Waals surface area contributed by atoms with Crippen molar-refractivity contribution in [3.05, 3.63) is 71.0 Å². The molecule has 0 radical (unpaired) electrons. The minimum atomic E-state index is -0.136. The standard InChI is InChI=1S/C16H11BrN2O/c17-13-5-1-4-12(9-13)16(20)19-15-6-2-3-11-7-8-18-10-14(11)15/h1-10H,(H,19,20). The average Bonchev–Trinajstić information content (AvgIpc) is 2.47. The van der Waals surface area contributed by atoms with Crippen molar-refractivity contribution in [1.82, 2.24) is 4.98 Å². The number of aromatic nitrogens is 1. The third-order valence-corrected chi connectivity index (χ3v) is 3.51. The lowest BCUT2D eigenvalue weighted by Crippen LogP contribution is -2.12. The Hall–Kier alpha value is -2.20. The molecule has 20 heavy (non-hydrogen) atoms. The van der Waals surface area contributed by atoms with Crippen molar-refractivity contribution < 1.29 is 4.79 Å². The van der Waals surface area contributed by atoms with Gasteiger partial charge in [-0.2, -0.15) is 0 Å². The third-order valence-electron chi connectivity index (χ3n) is 3.02. The van der Waals surface area contributed by atoms with Crippen LogP contribution in [-0.2, 0) is 0 Å². The summed E-state index contributed by atoms with van der Waals surface area (Å²) >= 11 is 3.37. The summed E-state index contributed by atoms with van der Waals surface area (Å²) in [6, 6.07) is 15.0. The van der Waals surface area contributed by atoms with Crippen molar-refractivity contribution in [3.8, 4) is 0 Å². The largest absolute Gasteiger partial charge is 0.321 e. The van der Waals surface area contributed by atoms with E-state index in [-0.39, 0.29) is 5.91 Å². The fourth-order valence-corrected chi connectivity index (χ4v) is 2.45. The molecule has 3 aromatic rings. The molecular weight excluding hydrogens is 316 g/mol.